The van der Waals surface area contributed by atoms with Crippen LogP contribution in [0.4, 0.5) is 13.6 Å². The topological polar surface area (TPSA) is 86.2 Å². The van der Waals surface area contributed by atoms with E-state index in [-0.39, 0.29) is 13.4 Å². The summed E-state index contributed by atoms with van der Waals surface area (Å²) < 4.78 is 43.4. The summed E-state index contributed by atoms with van der Waals surface area (Å²) in [5.74, 6) is -1.17. The van der Waals surface area contributed by atoms with Crippen molar-refractivity contribution >= 4 is 17.7 Å². The average Bonchev–Trinajstić information content (AvgIpc) is 3.34. The Balaban J connectivity index is 1.39. The largest absolute Gasteiger partial charge is 0.460 e. The Morgan fingerprint density at radius 1 is 0.944 bits per heavy atom. The first-order valence-electron chi connectivity index (χ1n) is 11.4. The van der Waals surface area contributed by atoms with Crippen molar-refractivity contribution in [2.45, 2.75) is 25.5 Å². The predicted molar refractivity (Wildman–Crippen MR) is 126 cm³/mol. The van der Waals surface area contributed by atoms with Crippen LogP contribution < -0.4 is 14.8 Å². The highest BCUT2D eigenvalue weighted by Crippen LogP contribution is 2.34. The minimum Gasteiger partial charge on any atom is -0.460 e. The van der Waals surface area contributed by atoms with Gasteiger partial charge in [0.05, 0.1) is 6.04 Å². The van der Waals surface area contributed by atoms with E-state index in [1.54, 1.807) is 12.1 Å². The molecule has 2 amide bonds. The van der Waals surface area contributed by atoms with Gasteiger partial charge in [0.15, 0.2) is 11.5 Å². The summed E-state index contributed by atoms with van der Waals surface area (Å²) in [5.41, 5.74) is 2.28. The molecule has 3 aromatic rings. The Hall–Kier alpha value is -4.27. The zero-order valence-corrected chi connectivity index (χ0v) is 19.1. The van der Waals surface area contributed by atoms with Crippen LogP contribution in [0.15, 0.2) is 71.7 Å². The first-order chi connectivity index (χ1) is 17.5. The van der Waals surface area contributed by atoms with Gasteiger partial charge < -0.3 is 19.5 Å². The van der Waals surface area contributed by atoms with Crippen LogP contribution in [-0.4, -0.2) is 24.5 Å². The number of carbonyl (C=O) groups is 2. The molecule has 0 saturated heterocycles. The van der Waals surface area contributed by atoms with Crippen LogP contribution in [0.5, 0.6) is 11.5 Å². The number of hydrogen-bond donors (Lipinski definition) is 1. The third kappa shape index (κ3) is 5.19. The van der Waals surface area contributed by atoms with Gasteiger partial charge in [0.25, 0.3) is 0 Å². The van der Waals surface area contributed by atoms with E-state index in [1.165, 1.54) is 42.5 Å². The molecule has 0 spiro atoms. The number of nitrogens with one attached hydrogen (secondary N) is 1. The third-order valence-electron chi connectivity index (χ3n) is 6.08. The number of halogens is 2. The maximum atomic E-state index is 13.6. The van der Waals surface area contributed by atoms with Crippen LogP contribution in [-0.2, 0) is 22.6 Å². The number of ether oxygens (including phenoxy) is 3. The fourth-order valence-corrected chi connectivity index (χ4v) is 4.31. The average molecular weight is 492 g/mol. The van der Waals surface area contributed by atoms with E-state index in [4.69, 9.17) is 14.2 Å². The Bertz CT molecular complexity index is 1330. The van der Waals surface area contributed by atoms with Crippen molar-refractivity contribution < 1.29 is 32.6 Å². The lowest BCUT2D eigenvalue weighted by Gasteiger charge is -2.31. The number of carbonyl (C=O) groups excluding carboxylic acids is 2. The highest BCUT2D eigenvalue weighted by Gasteiger charge is 2.39. The fourth-order valence-electron chi connectivity index (χ4n) is 4.31. The van der Waals surface area contributed by atoms with Crippen molar-refractivity contribution in [3.63, 3.8) is 0 Å². The van der Waals surface area contributed by atoms with E-state index >= 15 is 0 Å². The molecule has 7 nitrogen and oxygen atoms in total. The first-order valence-corrected chi connectivity index (χ1v) is 11.4. The number of fused-ring (bicyclic) bond motifs is 1. The predicted octanol–water partition coefficient (Wildman–Crippen LogP) is 4.89. The van der Waals surface area contributed by atoms with Crippen LogP contribution in [0.3, 0.4) is 0 Å². The lowest BCUT2D eigenvalue weighted by atomic mass is 9.85. The zero-order chi connectivity index (χ0) is 25.1. The number of hydrogen-bond acceptors (Lipinski definition) is 5. The highest BCUT2D eigenvalue weighted by atomic mass is 19.1. The summed E-state index contributed by atoms with van der Waals surface area (Å²) in [4.78, 5) is 29.9. The molecule has 2 atom stereocenters. The second-order valence-electron chi connectivity index (χ2n) is 8.48. The SMILES string of the molecule is O=C1N=C(CCc2ccc3c(c2)OCO3)C(C(=O)OCc2cccc(F)c2)C(c2ccc(F)cc2)N1. The van der Waals surface area contributed by atoms with E-state index < -0.39 is 35.6 Å². The minimum atomic E-state index is -0.948. The molecular weight excluding hydrogens is 470 g/mol. The molecule has 0 bridgehead atoms. The molecule has 0 aromatic heterocycles. The second kappa shape index (κ2) is 10.2. The zero-order valence-electron chi connectivity index (χ0n) is 19.1. The van der Waals surface area contributed by atoms with Gasteiger partial charge in [-0.3, -0.25) is 4.79 Å². The number of rotatable bonds is 7. The Labute approximate surface area is 205 Å². The molecule has 9 heteroatoms. The fraction of sp³-hybridized carbons (Fsp3) is 0.222. The Kier molecular flexibility index (Phi) is 6.62. The molecule has 184 valence electrons. The summed E-state index contributed by atoms with van der Waals surface area (Å²) in [6.07, 6.45) is 0.775. The van der Waals surface area contributed by atoms with Crippen molar-refractivity contribution in [2.24, 2.45) is 10.9 Å². The Morgan fingerprint density at radius 2 is 1.75 bits per heavy atom. The smallest absolute Gasteiger partial charge is 0.341 e. The number of esters is 1. The lowest BCUT2D eigenvalue weighted by molar-refractivity contribution is -0.148. The van der Waals surface area contributed by atoms with Gasteiger partial charge in [0, 0.05) is 5.71 Å². The van der Waals surface area contributed by atoms with Gasteiger partial charge in [-0.1, -0.05) is 30.3 Å². The van der Waals surface area contributed by atoms with Crippen LogP contribution in [0.25, 0.3) is 0 Å². The van der Waals surface area contributed by atoms with Crippen LogP contribution in [0.2, 0.25) is 0 Å². The molecular formula is C27H22F2N2O5. The van der Waals surface area contributed by atoms with Gasteiger partial charge in [0.1, 0.15) is 24.2 Å². The maximum absolute atomic E-state index is 13.6. The lowest BCUT2D eigenvalue weighted by Crippen LogP contribution is -2.45. The van der Waals surface area contributed by atoms with Crippen molar-refractivity contribution in [3.05, 3.63) is 95.1 Å². The van der Waals surface area contributed by atoms with Crippen molar-refractivity contribution in [2.75, 3.05) is 6.79 Å². The molecule has 5 rings (SSSR count). The number of aryl methyl sites for hydroxylation is 1. The quantitative estimate of drug-likeness (QED) is 0.475. The highest BCUT2D eigenvalue weighted by molar-refractivity contribution is 6.09. The molecule has 0 saturated carbocycles. The number of urea groups is 1. The summed E-state index contributed by atoms with van der Waals surface area (Å²) in [6, 6.07) is 15.4. The number of amides is 2. The van der Waals surface area contributed by atoms with E-state index in [0.29, 0.717) is 41.2 Å². The third-order valence-corrected chi connectivity index (χ3v) is 6.08. The minimum absolute atomic E-state index is 0.146. The molecule has 0 aliphatic carbocycles. The summed E-state index contributed by atoms with van der Waals surface area (Å²) >= 11 is 0. The van der Waals surface area contributed by atoms with E-state index in [9.17, 15) is 18.4 Å². The molecule has 0 radical (unpaired) electrons. The van der Waals surface area contributed by atoms with Gasteiger partial charge >= 0.3 is 12.0 Å². The van der Waals surface area contributed by atoms with Gasteiger partial charge in [-0.2, -0.15) is 0 Å². The van der Waals surface area contributed by atoms with Gasteiger partial charge in [-0.05, 0) is 65.9 Å². The summed E-state index contributed by atoms with van der Waals surface area (Å²) in [7, 11) is 0. The Morgan fingerprint density at radius 3 is 2.56 bits per heavy atom. The number of benzene rings is 3. The van der Waals surface area contributed by atoms with Crippen LogP contribution in [0.1, 0.15) is 29.2 Å². The maximum Gasteiger partial charge on any atom is 0.341 e. The van der Waals surface area contributed by atoms with Gasteiger partial charge in [-0.15, -0.1) is 0 Å². The standard InChI is InChI=1S/C27H22F2N2O5/c28-19-8-6-18(7-9-19)25-24(26(32)34-14-17-2-1-3-20(29)12-17)21(30-27(33)31-25)10-4-16-5-11-22-23(13-16)36-15-35-22/h1-3,5-9,11-13,24-25H,4,10,14-15H2,(H,31,33). The van der Waals surface area contributed by atoms with Crippen molar-refractivity contribution in [1.82, 2.24) is 5.32 Å². The first kappa shape index (κ1) is 23.5. The molecule has 2 heterocycles. The molecule has 2 aliphatic rings. The van der Waals surface area contributed by atoms with E-state index in [1.807, 2.05) is 12.1 Å². The van der Waals surface area contributed by atoms with Gasteiger partial charge in [-0.25, -0.2) is 18.6 Å². The second-order valence-corrected chi connectivity index (χ2v) is 8.48. The van der Waals surface area contributed by atoms with Gasteiger partial charge in [0.2, 0.25) is 6.79 Å². The number of nitrogens with zero attached hydrogens (tertiary/aromatic N) is 1. The van der Waals surface area contributed by atoms with Crippen molar-refractivity contribution in [3.8, 4) is 11.5 Å². The molecule has 36 heavy (non-hydrogen) atoms. The van der Waals surface area contributed by atoms with E-state index in [2.05, 4.69) is 10.3 Å². The molecule has 2 aliphatic heterocycles. The molecule has 3 aromatic carbocycles. The number of aliphatic imine (C=N–C) groups is 1. The normalized spacial score (nSPS) is 18.4. The molecule has 2 unspecified atom stereocenters. The van der Waals surface area contributed by atoms with Crippen LogP contribution in [0, 0.1) is 17.6 Å². The molecule has 0 fully saturated rings. The summed E-state index contributed by atoms with van der Waals surface area (Å²) in [6.45, 7) is 0.0108. The van der Waals surface area contributed by atoms with Crippen molar-refractivity contribution in [1.29, 1.82) is 0 Å². The van der Waals surface area contributed by atoms with Crippen LogP contribution >= 0.6 is 0 Å². The summed E-state index contributed by atoms with van der Waals surface area (Å²) in [5, 5.41) is 2.71. The van der Waals surface area contributed by atoms with E-state index in [0.717, 1.165) is 5.56 Å². The monoisotopic (exact) mass is 492 g/mol. The molecule has 1 N–H and O–H groups in total.